The predicted octanol–water partition coefficient (Wildman–Crippen LogP) is 2.28. The van der Waals surface area contributed by atoms with Crippen molar-refractivity contribution in [1.82, 2.24) is 10.2 Å². The van der Waals surface area contributed by atoms with Gasteiger partial charge in [0.15, 0.2) is 5.15 Å². The highest BCUT2D eigenvalue weighted by Crippen LogP contribution is 2.13. The average molecular weight is 250 g/mol. The minimum atomic E-state index is -0.575. The van der Waals surface area contributed by atoms with Gasteiger partial charge in [0, 0.05) is 6.54 Å². The zero-order valence-corrected chi connectivity index (χ0v) is 9.80. The Kier molecular flexibility index (Phi) is 3.90. The van der Waals surface area contributed by atoms with Crippen molar-refractivity contribution >= 4 is 17.4 Å². The number of anilines is 1. The van der Waals surface area contributed by atoms with Gasteiger partial charge < -0.3 is 10.4 Å². The van der Waals surface area contributed by atoms with Crippen molar-refractivity contribution < 1.29 is 5.11 Å². The van der Waals surface area contributed by atoms with E-state index in [-0.39, 0.29) is 0 Å². The van der Waals surface area contributed by atoms with Crippen LogP contribution >= 0.6 is 11.6 Å². The number of hydrogen-bond acceptors (Lipinski definition) is 4. The van der Waals surface area contributed by atoms with Crippen LogP contribution in [-0.2, 0) is 0 Å². The van der Waals surface area contributed by atoms with Crippen molar-refractivity contribution in [1.29, 1.82) is 0 Å². The van der Waals surface area contributed by atoms with Gasteiger partial charge in [0.1, 0.15) is 5.82 Å². The summed E-state index contributed by atoms with van der Waals surface area (Å²) in [5.74, 6) is 0.587. The van der Waals surface area contributed by atoms with E-state index in [4.69, 9.17) is 11.6 Å². The fraction of sp³-hybridized carbons (Fsp3) is 0.167. The lowest BCUT2D eigenvalue weighted by molar-refractivity contribution is 0.191. The van der Waals surface area contributed by atoms with Crippen molar-refractivity contribution in [3.8, 4) is 0 Å². The molecule has 0 fully saturated rings. The van der Waals surface area contributed by atoms with E-state index < -0.39 is 6.10 Å². The first-order valence-electron chi connectivity index (χ1n) is 5.22. The third-order valence-electron chi connectivity index (χ3n) is 2.29. The van der Waals surface area contributed by atoms with Gasteiger partial charge in [-0.25, -0.2) is 0 Å². The fourth-order valence-corrected chi connectivity index (χ4v) is 1.51. The monoisotopic (exact) mass is 249 g/mol. The number of halogens is 1. The van der Waals surface area contributed by atoms with Gasteiger partial charge in [-0.1, -0.05) is 41.9 Å². The highest BCUT2D eigenvalue weighted by Gasteiger charge is 2.06. The number of aromatic nitrogens is 2. The lowest BCUT2D eigenvalue weighted by Crippen LogP contribution is -2.13. The maximum Gasteiger partial charge on any atom is 0.151 e. The largest absolute Gasteiger partial charge is 0.387 e. The molecule has 0 saturated heterocycles. The van der Waals surface area contributed by atoms with E-state index >= 15 is 0 Å². The molecule has 1 aromatic heterocycles. The van der Waals surface area contributed by atoms with Crippen LogP contribution < -0.4 is 5.32 Å². The van der Waals surface area contributed by atoms with Crippen LogP contribution in [0.4, 0.5) is 5.82 Å². The van der Waals surface area contributed by atoms with Gasteiger partial charge in [-0.05, 0) is 17.7 Å². The maximum absolute atomic E-state index is 9.90. The molecule has 0 radical (unpaired) electrons. The summed E-state index contributed by atoms with van der Waals surface area (Å²) >= 11 is 5.62. The van der Waals surface area contributed by atoms with Crippen LogP contribution in [-0.4, -0.2) is 21.8 Å². The summed E-state index contributed by atoms with van der Waals surface area (Å²) in [4.78, 5) is 0. The second-order valence-electron chi connectivity index (χ2n) is 3.55. The number of aliphatic hydroxyl groups excluding tert-OH is 1. The quantitative estimate of drug-likeness (QED) is 0.873. The molecule has 0 aliphatic carbocycles. The van der Waals surface area contributed by atoms with Gasteiger partial charge >= 0.3 is 0 Å². The predicted molar refractivity (Wildman–Crippen MR) is 66.9 cm³/mol. The SMILES string of the molecule is OC(CNc1ccc(Cl)nn1)c1ccccc1. The Hall–Kier alpha value is -1.65. The van der Waals surface area contributed by atoms with Crippen molar-refractivity contribution in [2.75, 3.05) is 11.9 Å². The van der Waals surface area contributed by atoms with Crippen LogP contribution in [0.25, 0.3) is 0 Å². The molecule has 5 heteroatoms. The summed E-state index contributed by atoms with van der Waals surface area (Å²) in [5, 5.41) is 20.8. The highest BCUT2D eigenvalue weighted by molar-refractivity contribution is 6.29. The molecule has 2 aromatic rings. The Morgan fingerprint density at radius 2 is 1.88 bits per heavy atom. The normalized spacial score (nSPS) is 12.1. The molecule has 0 saturated carbocycles. The first-order valence-corrected chi connectivity index (χ1v) is 5.59. The Labute approximate surface area is 104 Å². The minimum absolute atomic E-state index is 0.346. The van der Waals surface area contributed by atoms with E-state index in [2.05, 4.69) is 15.5 Å². The van der Waals surface area contributed by atoms with Gasteiger partial charge in [-0.15, -0.1) is 10.2 Å². The molecule has 88 valence electrons. The molecule has 1 unspecified atom stereocenters. The number of rotatable bonds is 4. The molecule has 1 heterocycles. The maximum atomic E-state index is 9.90. The summed E-state index contributed by atoms with van der Waals surface area (Å²) in [5.41, 5.74) is 0.863. The second kappa shape index (κ2) is 5.61. The molecule has 0 spiro atoms. The van der Waals surface area contributed by atoms with Crippen LogP contribution in [0.3, 0.4) is 0 Å². The van der Waals surface area contributed by atoms with Crippen molar-refractivity contribution in [2.24, 2.45) is 0 Å². The fourth-order valence-electron chi connectivity index (χ4n) is 1.40. The summed E-state index contributed by atoms with van der Waals surface area (Å²) in [6.45, 7) is 0.375. The van der Waals surface area contributed by atoms with E-state index in [0.717, 1.165) is 5.56 Å². The van der Waals surface area contributed by atoms with Crippen molar-refractivity contribution in [3.63, 3.8) is 0 Å². The van der Waals surface area contributed by atoms with Crippen LogP contribution in [0.15, 0.2) is 42.5 Å². The zero-order valence-electron chi connectivity index (χ0n) is 9.05. The highest BCUT2D eigenvalue weighted by atomic mass is 35.5. The van der Waals surface area contributed by atoms with Gasteiger partial charge in [-0.3, -0.25) is 0 Å². The van der Waals surface area contributed by atoms with Crippen molar-refractivity contribution in [3.05, 3.63) is 53.2 Å². The molecular formula is C12H12ClN3O. The molecule has 4 nitrogen and oxygen atoms in total. The molecule has 0 bridgehead atoms. The van der Waals surface area contributed by atoms with E-state index in [9.17, 15) is 5.11 Å². The molecule has 1 aromatic carbocycles. The minimum Gasteiger partial charge on any atom is -0.387 e. The lowest BCUT2D eigenvalue weighted by atomic mass is 10.1. The molecular weight excluding hydrogens is 238 g/mol. The summed E-state index contributed by atoms with van der Waals surface area (Å²) in [6, 6.07) is 12.8. The molecule has 1 atom stereocenters. The first kappa shape index (κ1) is 11.8. The number of nitrogens with zero attached hydrogens (tertiary/aromatic N) is 2. The van der Waals surface area contributed by atoms with E-state index in [1.807, 2.05) is 30.3 Å². The third kappa shape index (κ3) is 3.41. The number of nitrogens with one attached hydrogen (secondary N) is 1. The third-order valence-corrected chi connectivity index (χ3v) is 2.49. The second-order valence-corrected chi connectivity index (χ2v) is 3.94. The van der Waals surface area contributed by atoms with E-state index in [1.165, 1.54) is 0 Å². The lowest BCUT2D eigenvalue weighted by Gasteiger charge is -2.11. The van der Waals surface area contributed by atoms with Crippen LogP contribution in [0, 0.1) is 0 Å². The molecule has 0 aliphatic rings. The molecule has 0 aliphatic heterocycles. The van der Waals surface area contributed by atoms with Crippen LogP contribution in [0.1, 0.15) is 11.7 Å². The topological polar surface area (TPSA) is 58.0 Å². The van der Waals surface area contributed by atoms with Crippen LogP contribution in [0.5, 0.6) is 0 Å². The number of hydrogen-bond donors (Lipinski definition) is 2. The average Bonchev–Trinajstić information content (AvgIpc) is 2.39. The molecule has 17 heavy (non-hydrogen) atoms. The zero-order chi connectivity index (χ0) is 12.1. The molecule has 0 amide bonds. The Balaban J connectivity index is 1.92. The molecule has 2 N–H and O–H groups in total. The standard InChI is InChI=1S/C12H12ClN3O/c13-11-6-7-12(16-15-11)14-8-10(17)9-4-2-1-3-5-9/h1-7,10,17H,8H2,(H,14,16). The number of aliphatic hydroxyl groups is 1. The number of benzene rings is 1. The van der Waals surface area contributed by atoms with E-state index in [1.54, 1.807) is 12.1 Å². The smallest absolute Gasteiger partial charge is 0.151 e. The van der Waals surface area contributed by atoms with Crippen LogP contribution in [0.2, 0.25) is 5.15 Å². The van der Waals surface area contributed by atoms with Gasteiger partial charge in [0.05, 0.1) is 6.10 Å². The summed E-state index contributed by atoms with van der Waals surface area (Å²) in [7, 11) is 0. The van der Waals surface area contributed by atoms with Gasteiger partial charge in [-0.2, -0.15) is 0 Å². The Morgan fingerprint density at radius 3 is 2.53 bits per heavy atom. The van der Waals surface area contributed by atoms with Gasteiger partial charge in [0.2, 0.25) is 0 Å². The summed E-state index contributed by atoms with van der Waals surface area (Å²) < 4.78 is 0. The Morgan fingerprint density at radius 1 is 1.12 bits per heavy atom. The first-order chi connectivity index (χ1) is 8.25. The van der Waals surface area contributed by atoms with Crippen molar-refractivity contribution in [2.45, 2.75) is 6.10 Å². The molecule has 2 rings (SSSR count). The van der Waals surface area contributed by atoms with Gasteiger partial charge in [0.25, 0.3) is 0 Å². The summed E-state index contributed by atoms with van der Waals surface area (Å²) in [6.07, 6.45) is -0.575. The van der Waals surface area contributed by atoms with E-state index in [0.29, 0.717) is 17.5 Å². The Bertz CT molecular complexity index is 461.